The monoisotopic (exact) mass is 514 g/mol. The van der Waals surface area contributed by atoms with Crippen LogP contribution in [0.2, 0.25) is 10.0 Å². The van der Waals surface area contributed by atoms with Crippen LogP contribution in [0.25, 0.3) is 0 Å². The zero-order valence-electron chi connectivity index (χ0n) is 19.0. The molecule has 0 aliphatic rings. The molecule has 0 aromatic heterocycles. The molecular formula is C22H28Cl2N4O4S. The van der Waals surface area contributed by atoms with Gasteiger partial charge in [0.1, 0.15) is 12.6 Å². The largest absolute Gasteiger partial charge is 0.357 e. The third-order valence-corrected chi connectivity index (χ3v) is 7.61. The first-order valence-electron chi connectivity index (χ1n) is 10.2. The number of nitrogens with zero attached hydrogens (tertiary/aromatic N) is 3. The minimum atomic E-state index is -4.00. The molecule has 1 N–H and O–H groups in total. The summed E-state index contributed by atoms with van der Waals surface area (Å²) in [6.45, 7) is 1.19. The molecular weight excluding hydrogens is 487 g/mol. The van der Waals surface area contributed by atoms with Gasteiger partial charge in [-0.05, 0) is 30.7 Å². The minimum absolute atomic E-state index is 0.0616. The summed E-state index contributed by atoms with van der Waals surface area (Å²) in [5.74, 6) is -0.952. The lowest BCUT2D eigenvalue weighted by molar-refractivity contribution is -0.140. The Morgan fingerprint density at radius 3 is 2.06 bits per heavy atom. The highest BCUT2D eigenvalue weighted by molar-refractivity contribution is 7.90. The normalized spacial score (nSPS) is 12.3. The van der Waals surface area contributed by atoms with Crippen LogP contribution in [0.3, 0.4) is 0 Å². The number of benzene rings is 2. The quantitative estimate of drug-likeness (QED) is 0.527. The number of para-hydroxylation sites is 1. The molecule has 0 saturated carbocycles. The van der Waals surface area contributed by atoms with Crippen molar-refractivity contribution in [1.82, 2.24) is 14.5 Å². The molecule has 11 heteroatoms. The van der Waals surface area contributed by atoms with E-state index >= 15 is 0 Å². The second-order valence-electron chi connectivity index (χ2n) is 7.39. The number of likely N-dealkylation sites (N-methyl/N-ethyl adjacent to an activating group) is 1. The van der Waals surface area contributed by atoms with Gasteiger partial charge >= 0.3 is 10.2 Å². The maximum atomic E-state index is 13.6. The molecule has 2 rings (SSSR count). The Hall–Kier alpha value is -2.33. The van der Waals surface area contributed by atoms with E-state index in [0.717, 1.165) is 8.61 Å². The number of hydrogen-bond acceptors (Lipinski definition) is 4. The van der Waals surface area contributed by atoms with Crippen molar-refractivity contribution in [2.45, 2.75) is 25.9 Å². The lowest BCUT2D eigenvalue weighted by Gasteiger charge is -2.34. The maximum absolute atomic E-state index is 13.6. The summed E-state index contributed by atoms with van der Waals surface area (Å²) in [6, 6.07) is 12.4. The summed E-state index contributed by atoms with van der Waals surface area (Å²) in [5.41, 5.74) is 0.793. The maximum Gasteiger partial charge on any atom is 0.304 e. The third-order valence-electron chi connectivity index (χ3n) is 5.09. The van der Waals surface area contributed by atoms with Crippen LogP contribution in [0.5, 0.6) is 0 Å². The van der Waals surface area contributed by atoms with Crippen molar-refractivity contribution in [2.24, 2.45) is 0 Å². The van der Waals surface area contributed by atoms with Gasteiger partial charge in [-0.15, -0.1) is 0 Å². The van der Waals surface area contributed by atoms with Crippen LogP contribution in [-0.4, -0.2) is 63.2 Å². The molecule has 33 heavy (non-hydrogen) atoms. The first kappa shape index (κ1) is 26.9. The summed E-state index contributed by atoms with van der Waals surface area (Å²) in [6.07, 6.45) is 0.305. The Morgan fingerprint density at radius 1 is 1.00 bits per heavy atom. The Balaban J connectivity index is 2.52. The fourth-order valence-corrected chi connectivity index (χ4v) is 4.82. The Bertz CT molecular complexity index is 1060. The molecule has 8 nitrogen and oxygen atoms in total. The highest BCUT2D eigenvalue weighted by Crippen LogP contribution is 2.27. The number of carbonyl (C=O) groups excluding carboxylic acids is 2. The van der Waals surface area contributed by atoms with E-state index in [1.807, 2.05) is 0 Å². The molecule has 0 bridgehead atoms. The van der Waals surface area contributed by atoms with Crippen molar-refractivity contribution in [3.8, 4) is 0 Å². The van der Waals surface area contributed by atoms with E-state index in [9.17, 15) is 18.0 Å². The average molecular weight is 515 g/mol. The lowest BCUT2D eigenvalue weighted by atomic mass is 10.1. The average Bonchev–Trinajstić information content (AvgIpc) is 2.79. The highest BCUT2D eigenvalue weighted by atomic mass is 35.5. The minimum Gasteiger partial charge on any atom is -0.357 e. The number of halogens is 2. The Kier molecular flexibility index (Phi) is 9.54. The number of hydrogen-bond donors (Lipinski definition) is 1. The van der Waals surface area contributed by atoms with E-state index in [2.05, 4.69) is 5.32 Å². The number of nitrogens with one attached hydrogen (secondary N) is 1. The molecule has 180 valence electrons. The second kappa shape index (κ2) is 11.7. The fourth-order valence-electron chi connectivity index (χ4n) is 3.25. The molecule has 2 aromatic rings. The number of anilines is 1. The smallest absolute Gasteiger partial charge is 0.304 e. The Morgan fingerprint density at radius 2 is 1.58 bits per heavy atom. The first-order chi connectivity index (χ1) is 15.5. The zero-order chi connectivity index (χ0) is 24.8. The van der Waals surface area contributed by atoms with Crippen molar-refractivity contribution in [3.05, 3.63) is 64.1 Å². The van der Waals surface area contributed by atoms with Gasteiger partial charge in [-0.2, -0.15) is 12.7 Å². The summed E-state index contributed by atoms with van der Waals surface area (Å²) >= 11 is 12.6. The summed E-state index contributed by atoms with van der Waals surface area (Å²) < 4.78 is 28.1. The number of carbonyl (C=O) groups is 2. The van der Waals surface area contributed by atoms with Crippen molar-refractivity contribution in [3.63, 3.8) is 0 Å². The molecule has 2 aromatic carbocycles. The van der Waals surface area contributed by atoms with Gasteiger partial charge in [0.25, 0.3) is 0 Å². The molecule has 0 aliphatic heterocycles. The fraction of sp³-hybridized carbons (Fsp3) is 0.364. The molecule has 2 amide bonds. The van der Waals surface area contributed by atoms with Crippen LogP contribution in [0.4, 0.5) is 5.69 Å². The van der Waals surface area contributed by atoms with Crippen molar-refractivity contribution >= 4 is 50.9 Å². The standard InChI is InChI=1S/C22H28Cl2N4O4S/c1-5-20(22(30)25-2)27(14-17-18(23)12-9-13-19(17)24)21(29)15-28(33(31,32)26(3)4)16-10-7-6-8-11-16/h6-13,20H,5,14-15H2,1-4H3,(H,25,30). The number of rotatable bonds is 10. The summed E-state index contributed by atoms with van der Waals surface area (Å²) in [4.78, 5) is 27.5. The predicted molar refractivity (Wildman–Crippen MR) is 132 cm³/mol. The van der Waals surface area contributed by atoms with Crippen molar-refractivity contribution in [2.75, 3.05) is 32.0 Å². The SMILES string of the molecule is CCC(C(=O)NC)N(Cc1c(Cl)cccc1Cl)C(=O)CN(c1ccccc1)S(=O)(=O)N(C)C. The molecule has 0 aliphatic carbocycles. The van der Waals surface area contributed by atoms with E-state index < -0.39 is 28.7 Å². The predicted octanol–water partition coefficient (Wildman–Crippen LogP) is 3.16. The molecule has 0 fully saturated rings. The molecule has 0 radical (unpaired) electrons. The molecule has 0 heterocycles. The van der Waals surface area contributed by atoms with Crippen molar-refractivity contribution in [1.29, 1.82) is 0 Å². The van der Waals surface area contributed by atoms with Crippen LogP contribution in [-0.2, 0) is 26.3 Å². The van der Waals surface area contributed by atoms with E-state index in [0.29, 0.717) is 27.7 Å². The van der Waals surface area contributed by atoms with Gasteiger partial charge < -0.3 is 10.2 Å². The van der Waals surface area contributed by atoms with Gasteiger partial charge in [0.05, 0.1) is 5.69 Å². The highest BCUT2D eigenvalue weighted by Gasteiger charge is 2.34. The summed E-state index contributed by atoms with van der Waals surface area (Å²) in [7, 11) is 0.244. The van der Waals surface area contributed by atoms with Crippen LogP contribution < -0.4 is 9.62 Å². The van der Waals surface area contributed by atoms with Crippen LogP contribution >= 0.6 is 23.2 Å². The van der Waals surface area contributed by atoms with Gasteiger partial charge in [-0.25, -0.2) is 4.31 Å². The van der Waals surface area contributed by atoms with Gasteiger partial charge in [0.15, 0.2) is 0 Å². The second-order valence-corrected chi connectivity index (χ2v) is 10.3. The van der Waals surface area contributed by atoms with E-state index in [-0.39, 0.29) is 12.5 Å². The molecule has 1 unspecified atom stereocenters. The van der Waals surface area contributed by atoms with Crippen LogP contribution in [0, 0.1) is 0 Å². The Labute approximate surface area is 205 Å². The summed E-state index contributed by atoms with van der Waals surface area (Å²) in [5, 5.41) is 3.24. The topological polar surface area (TPSA) is 90.0 Å². The van der Waals surface area contributed by atoms with Gasteiger partial charge in [-0.3, -0.25) is 9.59 Å². The van der Waals surface area contributed by atoms with E-state index in [1.165, 1.54) is 26.0 Å². The third kappa shape index (κ3) is 6.38. The molecule has 0 spiro atoms. The molecule has 1 atom stereocenters. The van der Waals surface area contributed by atoms with Gasteiger partial charge in [0.2, 0.25) is 11.8 Å². The first-order valence-corrected chi connectivity index (χ1v) is 12.4. The van der Waals surface area contributed by atoms with E-state index in [1.54, 1.807) is 55.5 Å². The number of amides is 2. The van der Waals surface area contributed by atoms with Gasteiger partial charge in [-0.1, -0.05) is 54.4 Å². The lowest BCUT2D eigenvalue weighted by Crippen LogP contribution is -2.53. The van der Waals surface area contributed by atoms with Gasteiger partial charge in [0, 0.05) is 43.3 Å². The van der Waals surface area contributed by atoms with Crippen molar-refractivity contribution < 1.29 is 18.0 Å². The van der Waals surface area contributed by atoms with Crippen LogP contribution in [0.1, 0.15) is 18.9 Å². The molecule has 0 saturated heterocycles. The zero-order valence-corrected chi connectivity index (χ0v) is 21.3. The van der Waals surface area contributed by atoms with E-state index in [4.69, 9.17) is 23.2 Å². The van der Waals surface area contributed by atoms with Crippen LogP contribution in [0.15, 0.2) is 48.5 Å².